The lowest BCUT2D eigenvalue weighted by atomic mass is 9.97. The molecule has 1 aliphatic heterocycles. The van der Waals surface area contributed by atoms with Crippen LogP contribution in [0.1, 0.15) is 41.7 Å². The highest BCUT2D eigenvalue weighted by Gasteiger charge is 2.33. The Morgan fingerprint density at radius 3 is 2.67 bits per heavy atom. The first-order valence-corrected chi connectivity index (χ1v) is 7.90. The summed E-state index contributed by atoms with van der Waals surface area (Å²) in [5.74, 6) is 1.09. The summed E-state index contributed by atoms with van der Waals surface area (Å²) in [5, 5.41) is 3.40. The summed E-state index contributed by atoms with van der Waals surface area (Å²) in [5.41, 5.74) is 7.03. The van der Waals surface area contributed by atoms with Crippen molar-refractivity contribution < 1.29 is 4.79 Å². The number of anilines is 1. The first kappa shape index (κ1) is 14.3. The zero-order valence-corrected chi connectivity index (χ0v) is 12.6. The van der Waals surface area contributed by atoms with Crippen LogP contribution in [0.4, 0.5) is 5.82 Å². The Labute approximate surface area is 125 Å². The summed E-state index contributed by atoms with van der Waals surface area (Å²) in [7, 11) is 0. The molecule has 0 atom stereocenters. The van der Waals surface area contributed by atoms with Gasteiger partial charge in [0.1, 0.15) is 5.82 Å². The van der Waals surface area contributed by atoms with Crippen LogP contribution < -0.4 is 16.0 Å². The average Bonchev–Trinajstić information content (AvgIpc) is 3.30. The van der Waals surface area contributed by atoms with Crippen LogP contribution in [0.3, 0.4) is 0 Å². The van der Waals surface area contributed by atoms with E-state index >= 15 is 0 Å². The third-order valence-corrected chi connectivity index (χ3v) is 4.45. The van der Waals surface area contributed by atoms with Crippen molar-refractivity contribution in [2.75, 3.05) is 24.5 Å². The number of amides is 1. The van der Waals surface area contributed by atoms with Gasteiger partial charge >= 0.3 is 0 Å². The molecule has 1 saturated carbocycles. The van der Waals surface area contributed by atoms with E-state index in [4.69, 9.17) is 5.73 Å². The van der Waals surface area contributed by atoms with E-state index in [1.54, 1.807) is 0 Å². The fourth-order valence-corrected chi connectivity index (χ4v) is 3.09. The Bertz CT molecular complexity index is 521. The molecule has 0 radical (unpaired) electrons. The van der Waals surface area contributed by atoms with Crippen molar-refractivity contribution in [3.05, 3.63) is 23.4 Å². The number of carbonyl (C=O) groups is 1. The Balaban J connectivity index is 1.86. The molecule has 0 spiro atoms. The van der Waals surface area contributed by atoms with Gasteiger partial charge in [-0.25, -0.2) is 4.98 Å². The van der Waals surface area contributed by atoms with Crippen molar-refractivity contribution in [2.24, 2.45) is 11.7 Å². The van der Waals surface area contributed by atoms with Gasteiger partial charge in [0.2, 0.25) is 0 Å². The number of aromatic nitrogens is 1. The number of primary amides is 1. The molecule has 0 aromatic carbocycles. The Hall–Kier alpha value is -1.62. The maximum atomic E-state index is 11.7. The quantitative estimate of drug-likeness (QED) is 0.860. The van der Waals surface area contributed by atoms with Crippen LogP contribution in [0.2, 0.25) is 0 Å². The van der Waals surface area contributed by atoms with Gasteiger partial charge in [-0.15, -0.1) is 0 Å². The van der Waals surface area contributed by atoms with Crippen molar-refractivity contribution >= 4 is 11.7 Å². The molecule has 5 nitrogen and oxygen atoms in total. The third-order valence-electron chi connectivity index (χ3n) is 4.45. The van der Waals surface area contributed by atoms with Crippen molar-refractivity contribution in [3.8, 4) is 0 Å². The first-order chi connectivity index (χ1) is 10.1. The Kier molecular flexibility index (Phi) is 4.10. The standard InChI is InChI=1S/C16H24N4O/c1-11-2-5-14(15(17)21)16(19-11)20(13-3-4-13)10-12-6-8-18-9-7-12/h2,5,12-13,18H,3-4,6-10H2,1H3,(H2,17,21). The van der Waals surface area contributed by atoms with E-state index in [-0.39, 0.29) is 5.91 Å². The van der Waals surface area contributed by atoms with E-state index in [1.807, 2.05) is 19.1 Å². The molecule has 21 heavy (non-hydrogen) atoms. The molecular formula is C16H24N4O. The summed E-state index contributed by atoms with van der Waals surface area (Å²) in [6, 6.07) is 4.21. The summed E-state index contributed by atoms with van der Waals surface area (Å²) >= 11 is 0. The predicted molar refractivity (Wildman–Crippen MR) is 83.5 cm³/mol. The maximum Gasteiger partial charge on any atom is 0.252 e. The lowest BCUT2D eigenvalue weighted by molar-refractivity contribution is 0.100. The predicted octanol–water partition coefficient (Wildman–Crippen LogP) is 1.46. The minimum absolute atomic E-state index is 0.381. The minimum atomic E-state index is -0.381. The molecule has 1 aliphatic carbocycles. The highest BCUT2D eigenvalue weighted by Crippen LogP contribution is 2.34. The molecule has 1 aromatic heterocycles. The second kappa shape index (κ2) is 6.02. The number of hydrogen-bond donors (Lipinski definition) is 2. The molecule has 2 heterocycles. The van der Waals surface area contributed by atoms with Crippen LogP contribution >= 0.6 is 0 Å². The van der Waals surface area contributed by atoms with Crippen molar-refractivity contribution in [3.63, 3.8) is 0 Å². The molecule has 3 N–H and O–H groups in total. The summed E-state index contributed by atoms with van der Waals surface area (Å²) in [4.78, 5) is 18.7. The number of rotatable bonds is 5. The van der Waals surface area contributed by atoms with Gasteiger partial charge in [-0.2, -0.15) is 0 Å². The largest absolute Gasteiger partial charge is 0.365 e. The Morgan fingerprint density at radius 2 is 2.05 bits per heavy atom. The molecule has 1 saturated heterocycles. The van der Waals surface area contributed by atoms with Gasteiger partial charge in [-0.1, -0.05) is 0 Å². The molecular weight excluding hydrogens is 264 g/mol. The van der Waals surface area contributed by atoms with Crippen LogP contribution in [0.15, 0.2) is 12.1 Å². The zero-order valence-electron chi connectivity index (χ0n) is 12.6. The molecule has 0 bridgehead atoms. The molecule has 0 unspecified atom stereocenters. The lowest BCUT2D eigenvalue weighted by Crippen LogP contribution is -2.38. The minimum Gasteiger partial charge on any atom is -0.365 e. The molecule has 2 fully saturated rings. The van der Waals surface area contributed by atoms with Crippen LogP contribution in [0.5, 0.6) is 0 Å². The average molecular weight is 288 g/mol. The highest BCUT2D eigenvalue weighted by atomic mass is 16.1. The van der Waals surface area contributed by atoms with Crippen LogP contribution in [0.25, 0.3) is 0 Å². The number of carbonyl (C=O) groups excluding carboxylic acids is 1. The maximum absolute atomic E-state index is 11.7. The van der Waals surface area contributed by atoms with Gasteiger partial charge in [-0.3, -0.25) is 4.79 Å². The number of nitrogens with two attached hydrogens (primary N) is 1. The smallest absolute Gasteiger partial charge is 0.252 e. The zero-order chi connectivity index (χ0) is 14.8. The number of nitrogens with zero attached hydrogens (tertiary/aromatic N) is 2. The highest BCUT2D eigenvalue weighted by molar-refractivity contribution is 5.97. The molecule has 2 aliphatic rings. The van der Waals surface area contributed by atoms with Gasteiger partial charge in [0.15, 0.2) is 0 Å². The number of aryl methyl sites for hydroxylation is 1. The molecule has 5 heteroatoms. The number of pyridine rings is 1. The fourth-order valence-electron chi connectivity index (χ4n) is 3.09. The summed E-state index contributed by atoms with van der Waals surface area (Å²) in [6.45, 7) is 5.13. The van der Waals surface area contributed by atoms with Gasteiger partial charge < -0.3 is 16.0 Å². The van der Waals surface area contributed by atoms with Crippen LogP contribution in [-0.2, 0) is 0 Å². The Morgan fingerprint density at radius 1 is 1.33 bits per heavy atom. The number of piperidine rings is 1. The number of nitrogens with one attached hydrogen (secondary N) is 1. The SMILES string of the molecule is Cc1ccc(C(N)=O)c(N(CC2CCNCC2)C2CC2)n1. The monoisotopic (exact) mass is 288 g/mol. The topological polar surface area (TPSA) is 71.2 Å². The van der Waals surface area contributed by atoms with Gasteiger partial charge in [-0.05, 0) is 63.7 Å². The molecule has 3 rings (SSSR count). The van der Waals surface area contributed by atoms with Crippen molar-refractivity contribution in [1.82, 2.24) is 10.3 Å². The first-order valence-electron chi connectivity index (χ1n) is 7.90. The van der Waals surface area contributed by atoms with Gasteiger partial charge in [0.25, 0.3) is 5.91 Å². The van der Waals surface area contributed by atoms with E-state index in [1.165, 1.54) is 25.7 Å². The van der Waals surface area contributed by atoms with E-state index in [9.17, 15) is 4.79 Å². The van der Waals surface area contributed by atoms with Crippen LogP contribution in [-0.4, -0.2) is 36.6 Å². The molecule has 1 aromatic rings. The second-order valence-electron chi connectivity index (χ2n) is 6.26. The van der Waals surface area contributed by atoms with Crippen LogP contribution in [0, 0.1) is 12.8 Å². The lowest BCUT2D eigenvalue weighted by Gasteiger charge is -2.32. The molecule has 114 valence electrons. The summed E-state index contributed by atoms with van der Waals surface area (Å²) < 4.78 is 0. The van der Waals surface area contributed by atoms with E-state index in [0.29, 0.717) is 17.5 Å². The third kappa shape index (κ3) is 3.35. The fraction of sp³-hybridized carbons (Fsp3) is 0.625. The van der Waals surface area contributed by atoms with Crippen molar-refractivity contribution in [1.29, 1.82) is 0 Å². The van der Waals surface area contributed by atoms with E-state index in [0.717, 1.165) is 31.1 Å². The summed E-state index contributed by atoms with van der Waals surface area (Å²) in [6.07, 6.45) is 4.78. The van der Waals surface area contributed by atoms with E-state index < -0.39 is 0 Å². The van der Waals surface area contributed by atoms with Gasteiger partial charge in [0, 0.05) is 18.3 Å². The normalized spacial score (nSPS) is 19.5. The van der Waals surface area contributed by atoms with Crippen molar-refractivity contribution in [2.45, 2.75) is 38.6 Å². The van der Waals surface area contributed by atoms with Gasteiger partial charge in [0.05, 0.1) is 5.56 Å². The second-order valence-corrected chi connectivity index (χ2v) is 6.26. The van der Waals surface area contributed by atoms with E-state index in [2.05, 4.69) is 15.2 Å². The molecule has 1 amide bonds. The number of hydrogen-bond acceptors (Lipinski definition) is 4.